The van der Waals surface area contributed by atoms with Crippen LogP contribution in [0, 0.1) is 0 Å². The molecule has 7 heteroatoms. The van der Waals surface area contributed by atoms with Crippen molar-refractivity contribution >= 4 is 21.6 Å². The zero-order valence-corrected chi connectivity index (χ0v) is 11.0. The maximum atomic E-state index is 11.8. The molecule has 0 aromatic heterocycles. The van der Waals surface area contributed by atoms with Crippen LogP contribution in [0.5, 0.6) is 5.75 Å². The number of aliphatic hydroxyl groups excluding tert-OH is 1. The van der Waals surface area contributed by atoms with Gasteiger partial charge in [-0.3, -0.25) is 0 Å². The molecule has 5 nitrogen and oxygen atoms in total. The van der Waals surface area contributed by atoms with Crippen LogP contribution in [0.1, 0.15) is 6.92 Å². The Labute approximate surface area is 105 Å². The first-order valence-electron chi connectivity index (χ1n) is 4.88. The zero-order valence-electron chi connectivity index (χ0n) is 9.47. The number of hydrogen-bond acceptors (Lipinski definition) is 4. The van der Waals surface area contributed by atoms with Gasteiger partial charge >= 0.3 is 0 Å². The van der Waals surface area contributed by atoms with Crippen molar-refractivity contribution in [3.8, 4) is 5.75 Å². The minimum absolute atomic E-state index is 0.0411. The Morgan fingerprint density at radius 2 is 2.18 bits per heavy atom. The molecule has 0 aliphatic heterocycles. The van der Waals surface area contributed by atoms with Crippen molar-refractivity contribution in [1.82, 2.24) is 4.72 Å². The summed E-state index contributed by atoms with van der Waals surface area (Å²) in [6, 6.07) is 4.14. The van der Waals surface area contributed by atoms with Crippen LogP contribution < -0.4 is 9.46 Å². The third kappa shape index (κ3) is 3.85. The normalized spacial score (nSPS) is 13.4. The molecule has 0 amide bonds. The van der Waals surface area contributed by atoms with Gasteiger partial charge in [0.2, 0.25) is 10.0 Å². The summed E-state index contributed by atoms with van der Waals surface area (Å²) in [4.78, 5) is 0.0411. The van der Waals surface area contributed by atoms with E-state index in [9.17, 15) is 8.42 Å². The Hall–Kier alpha value is -0.820. The van der Waals surface area contributed by atoms with E-state index in [0.29, 0.717) is 5.02 Å². The first-order valence-corrected chi connectivity index (χ1v) is 6.74. The molecule has 2 N–H and O–H groups in total. The first kappa shape index (κ1) is 14.2. The van der Waals surface area contributed by atoms with Gasteiger partial charge in [-0.2, -0.15) is 0 Å². The molecule has 0 spiro atoms. The third-order valence-electron chi connectivity index (χ3n) is 2.00. The summed E-state index contributed by atoms with van der Waals surface area (Å²) in [5.74, 6) is 0.284. The van der Waals surface area contributed by atoms with Gasteiger partial charge in [-0.05, 0) is 19.1 Å². The molecule has 1 aromatic rings. The van der Waals surface area contributed by atoms with Crippen LogP contribution in [-0.4, -0.2) is 33.3 Å². The highest BCUT2D eigenvalue weighted by Gasteiger charge is 2.16. The van der Waals surface area contributed by atoms with Gasteiger partial charge in [0, 0.05) is 12.6 Å². The highest BCUT2D eigenvalue weighted by atomic mass is 35.5. The van der Waals surface area contributed by atoms with E-state index < -0.39 is 16.1 Å². The largest absolute Gasteiger partial charge is 0.495 e. The molecule has 0 heterocycles. The summed E-state index contributed by atoms with van der Waals surface area (Å²) in [6.07, 6.45) is -0.751. The van der Waals surface area contributed by atoms with Gasteiger partial charge in [0.25, 0.3) is 0 Å². The average molecular weight is 280 g/mol. The standard InChI is InChI=1S/C10H14ClNO4S/c1-7(13)6-12-17(14,15)8-3-4-9(11)10(5-8)16-2/h3-5,7,12-13H,6H2,1-2H3/t7-/m1/s1. The lowest BCUT2D eigenvalue weighted by Crippen LogP contribution is -2.30. The minimum atomic E-state index is -3.65. The molecular formula is C10H14ClNO4S. The molecule has 0 aliphatic rings. The molecule has 1 atom stereocenters. The highest BCUT2D eigenvalue weighted by molar-refractivity contribution is 7.89. The molecule has 1 rings (SSSR count). The summed E-state index contributed by atoms with van der Waals surface area (Å²) in [5.41, 5.74) is 0. The summed E-state index contributed by atoms with van der Waals surface area (Å²) < 4.78 is 30.8. The van der Waals surface area contributed by atoms with E-state index in [1.54, 1.807) is 0 Å². The lowest BCUT2D eigenvalue weighted by atomic mass is 10.3. The summed E-state index contributed by atoms with van der Waals surface area (Å²) in [6.45, 7) is 1.44. The number of aliphatic hydroxyl groups is 1. The van der Waals surface area contributed by atoms with Crippen LogP contribution in [0.25, 0.3) is 0 Å². The number of benzene rings is 1. The quantitative estimate of drug-likeness (QED) is 0.843. The van der Waals surface area contributed by atoms with E-state index in [4.69, 9.17) is 21.4 Å². The number of ether oxygens (including phenoxy) is 1. The van der Waals surface area contributed by atoms with Crippen LogP contribution in [-0.2, 0) is 10.0 Å². The van der Waals surface area contributed by atoms with E-state index in [-0.39, 0.29) is 17.2 Å². The molecular weight excluding hydrogens is 266 g/mol. The Bertz CT molecular complexity index is 487. The predicted octanol–water partition coefficient (Wildman–Crippen LogP) is 1.01. The topological polar surface area (TPSA) is 75.6 Å². The smallest absolute Gasteiger partial charge is 0.240 e. The number of hydrogen-bond donors (Lipinski definition) is 2. The van der Waals surface area contributed by atoms with Gasteiger partial charge in [-0.15, -0.1) is 0 Å². The zero-order chi connectivity index (χ0) is 13.1. The molecule has 0 unspecified atom stereocenters. The third-order valence-corrected chi connectivity index (χ3v) is 3.74. The lowest BCUT2D eigenvalue weighted by Gasteiger charge is -2.10. The molecule has 0 bridgehead atoms. The van der Waals surface area contributed by atoms with E-state index in [1.807, 2.05) is 0 Å². The van der Waals surface area contributed by atoms with E-state index in [1.165, 1.54) is 32.2 Å². The second kappa shape index (κ2) is 5.68. The second-order valence-electron chi connectivity index (χ2n) is 3.50. The van der Waals surface area contributed by atoms with Crippen molar-refractivity contribution in [3.63, 3.8) is 0 Å². The summed E-state index contributed by atoms with van der Waals surface area (Å²) in [5, 5.41) is 9.37. The van der Waals surface area contributed by atoms with Crippen LogP contribution in [0.4, 0.5) is 0 Å². The molecule has 0 fully saturated rings. The molecule has 1 aromatic carbocycles. The van der Waals surface area contributed by atoms with Crippen molar-refractivity contribution in [2.75, 3.05) is 13.7 Å². The number of rotatable bonds is 5. The Morgan fingerprint density at radius 1 is 1.53 bits per heavy atom. The maximum absolute atomic E-state index is 11.8. The second-order valence-corrected chi connectivity index (χ2v) is 5.67. The lowest BCUT2D eigenvalue weighted by molar-refractivity contribution is 0.198. The number of nitrogens with one attached hydrogen (secondary N) is 1. The van der Waals surface area contributed by atoms with Gasteiger partial charge < -0.3 is 9.84 Å². The Kier molecular flexibility index (Phi) is 4.76. The van der Waals surface area contributed by atoms with Gasteiger partial charge in [-0.1, -0.05) is 11.6 Å². The molecule has 96 valence electrons. The summed E-state index contributed by atoms with van der Waals surface area (Å²) in [7, 11) is -2.25. The van der Waals surface area contributed by atoms with Gasteiger partial charge in [0.1, 0.15) is 5.75 Å². The number of sulfonamides is 1. The highest BCUT2D eigenvalue weighted by Crippen LogP contribution is 2.26. The molecule has 0 aliphatic carbocycles. The van der Waals surface area contributed by atoms with Crippen molar-refractivity contribution < 1.29 is 18.3 Å². The summed E-state index contributed by atoms with van der Waals surface area (Å²) >= 11 is 5.79. The van der Waals surface area contributed by atoms with Crippen molar-refractivity contribution in [1.29, 1.82) is 0 Å². The average Bonchev–Trinajstić information content (AvgIpc) is 2.27. The fourth-order valence-electron chi connectivity index (χ4n) is 1.12. The van der Waals surface area contributed by atoms with E-state index >= 15 is 0 Å². The van der Waals surface area contributed by atoms with Crippen LogP contribution in [0.15, 0.2) is 23.1 Å². The molecule has 0 saturated heterocycles. The fourth-order valence-corrected chi connectivity index (χ4v) is 2.45. The van der Waals surface area contributed by atoms with Crippen LogP contribution in [0.2, 0.25) is 5.02 Å². The predicted molar refractivity (Wildman–Crippen MR) is 64.9 cm³/mol. The van der Waals surface area contributed by atoms with E-state index in [0.717, 1.165) is 0 Å². The van der Waals surface area contributed by atoms with Gasteiger partial charge in [0.05, 0.1) is 23.1 Å². The van der Waals surface area contributed by atoms with Gasteiger partial charge in [-0.25, -0.2) is 13.1 Å². The maximum Gasteiger partial charge on any atom is 0.240 e. The molecule has 0 radical (unpaired) electrons. The Morgan fingerprint density at radius 3 is 2.71 bits per heavy atom. The monoisotopic (exact) mass is 279 g/mol. The van der Waals surface area contributed by atoms with Crippen molar-refractivity contribution in [3.05, 3.63) is 23.2 Å². The van der Waals surface area contributed by atoms with Crippen LogP contribution >= 0.6 is 11.6 Å². The number of methoxy groups -OCH3 is 1. The van der Waals surface area contributed by atoms with Crippen molar-refractivity contribution in [2.45, 2.75) is 17.9 Å². The Balaban J connectivity index is 2.99. The van der Waals surface area contributed by atoms with Gasteiger partial charge in [0.15, 0.2) is 0 Å². The molecule has 0 saturated carbocycles. The fraction of sp³-hybridized carbons (Fsp3) is 0.400. The molecule has 17 heavy (non-hydrogen) atoms. The number of halogens is 1. The first-order chi connectivity index (χ1) is 7.86. The van der Waals surface area contributed by atoms with E-state index in [2.05, 4.69) is 4.72 Å². The SMILES string of the molecule is COc1cc(S(=O)(=O)NC[C@@H](C)O)ccc1Cl. The van der Waals surface area contributed by atoms with Crippen LogP contribution in [0.3, 0.4) is 0 Å². The van der Waals surface area contributed by atoms with Crippen molar-refractivity contribution in [2.24, 2.45) is 0 Å². The minimum Gasteiger partial charge on any atom is -0.495 e.